The molecule has 0 radical (unpaired) electrons. The van der Waals surface area contributed by atoms with Gasteiger partial charge in [0.25, 0.3) is 0 Å². The van der Waals surface area contributed by atoms with Crippen molar-refractivity contribution in [1.29, 1.82) is 0 Å². The van der Waals surface area contributed by atoms with E-state index in [1.165, 1.54) is 38.8 Å². The van der Waals surface area contributed by atoms with Crippen molar-refractivity contribution in [2.45, 2.75) is 29.4 Å². The molecule has 2 N–H and O–H groups in total. The first kappa shape index (κ1) is 13.9. The summed E-state index contributed by atoms with van der Waals surface area (Å²) in [6.07, 6.45) is 2.45. The maximum absolute atomic E-state index is 5.62. The Kier molecular flexibility index (Phi) is 3.78. The second-order valence-electron chi connectivity index (χ2n) is 4.62. The van der Waals surface area contributed by atoms with Crippen molar-refractivity contribution < 1.29 is 9.47 Å². The second kappa shape index (κ2) is 5.72. The first-order valence-electron chi connectivity index (χ1n) is 6.40. The van der Waals surface area contributed by atoms with Crippen LogP contribution >= 0.6 is 11.8 Å². The summed E-state index contributed by atoms with van der Waals surface area (Å²) >= 11 is 1.30. The number of hydrogen-bond donors (Lipinski definition) is 1. The van der Waals surface area contributed by atoms with Crippen LogP contribution in [0.3, 0.4) is 0 Å². The van der Waals surface area contributed by atoms with E-state index in [0.717, 1.165) is 6.54 Å². The molecule has 0 aliphatic heterocycles. The van der Waals surface area contributed by atoms with Crippen LogP contribution < -0.4 is 15.2 Å². The molecule has 0 unspecified atom stereocenters. The van der Waals surface area contributed by atoms with Crippen molar-refractivity contribution in [3.05, 3.63) is 0 Å². The van der Waals surface area contributed by atoms with Crippen molar-refractivity contribution in [2.75, 3.05) is 20.0 Å². The number of nitrogens with zero attached hydrogens (tertiary/aromatic N) is 6. The number of aromatic nitrogens is 6. The van der Waals surface area contributed by atoms with E-state index in [-0.39, 0.29) is 5.95 Å². The largest absolute Gasteiger partial charge is 0.480 e. The molecule has 0 atom stereocenters. The normalized spacial score (nSPS) is 14.2. The highest BCUT2D eigenvalue weighted by atomic mass is 32.2. The molecule has 3 rings (SSSR count). The number of rotatable bonds is 6. The summed E-state index contributed by atoms with van der Waals surface area (Å²) in [4.78, 5) is 8.70. The summed E-state index contributed by atoms with van der Waals surface area (Å²) in [6, 6.07) is 0. The van der Waals surface area contributed by atoms with E-state index in [2.05, 4.69) is 25.5 Å². The van der Waals surface area contributed by atoms with Gasteiger partial charge in [-0.2, -0.15) is 9.97 Å². The number of anilines is 1. The van der Waals surface area contributed by atoms with Gasteiger partial charge in [-0.25, -0.2) is 4.68 Å². The minimum absolute atomic E-state index is 0.0885. The smallest absolute Gasteiger partial charge is 0.236 e. The predicted molar refractivity (Wildman–Crippen MR) is 74.2 cm³/mol. The van der Waals surface area contributed by atoms with E-state index in [1.54, 1.807) is 4.68 Å². The molecular formula is C11H15N7O2S. The minimum Gasteiger partial charge on any atom is -0.480 e. The van der Waals surface area contributed by atoms with Crippen molar-refractivity contribution in [1.82, 2.24) is 30.2 Å². The van der Waals surface area contributed by atoms with Crippen LogP contribution in [0.25, 0.3) is 0 Å². The standard InChI is InChI=1S/C11H15N7O2S/c1-19-8-7(9(20-2)14-10(12)13-8)21-11-15-16-17-18(11)5-6-3-4-6/h6H,3-5H2,1-2H3,(H2,12,13,14). The third-order valence-corrected chi connectivity index (χ3v) is 4.06. The molecule has 2 aromatic heterocycles. The van der Waals surface area contributed by atoms with Crippen LogP contribution in [0.15, 0.2) is 10.1 Å². The fraction of sp³-hybridized carbons (Fsp3) is 0.545. The van der Waals surface area contributed by atoms with E-state index in [9.17, 15) is 0 Å². The zero-order valence-electron chi connectivity index (χ0n) is 11.7. The minimum atomic E-state index is 0.0885. The molecule has 0 spiro atoms. The summed E-state index contributed by atoms with van der Waals surface area (Å²) in [5, 5.41) is 12.4. The topological polar surface area (TPSA) is 114 Å². The first-order valence-corrected chi connectivity index (χ1v) is 7.22. The maximum atomic E-state index is 5.62. The van der Waals surface area contributed by atoms with Gasteiger partial charge in [0.15, 0.2) is 0 Å². The summed E-state index contributed by atoms with van der Waals surface area (Å²) in [7, 11) is 3.02. The van der Waals surface area contributed by atoms with E-state index >= 15 is 0 Å². The Morgan fingerprint density at radius 2 is 1.90 bits per heavy atom. The van der Waals surface area contributed by atoms with Gasteiger partial charge in [0.1, 0.15) is 4.90 Å². The lowest BCUT2D eigenvalue weighted by molar-refractivity contribution is 0.354. The predicted octanol–water partition coefficient (Wildman–Crippen LogP) is 0.624. The molecule has 21 heavy (non-hydrogen) atoms. The van der Waals surface area contributed by atoms with Crippen molar-refractivity contribution in [3.63, 3.8) is 0 Å². The number of nitrogen functional groups attached to an aromatic ring is 1. The number of tetrazole rings is 1. The molecule has 2 aromatic rings. The third kappa shape index (κ3) is 2.99. The van der Waals surface area contributed by atoms with Gasteiger partial charge in [0.05, 0.1) is 14.2 Å². The second-order valence-corrected chi connectivity index (χ2v) is 5.60. The highest BCUT2D eigenvalue weighted by molar-refractivity contribution is 7.99. The highest BCUT2D eigenvalue weighted by Gasteiger charge is 2.25. The Morgan fingerprint density at radius 1 is 1.24 bits per heavy atom. The SMILES string of the molecule is COc1nc(N)nc(OC)c1Sc1nnnn1CC1CC1. The van der Waals surface area contributed by atoms with E-state index in [4.69, 9.17) is 15.2 Å². The van der Waals surface area contributed by atoms with Crippen LogP contribution in [-0.2, 0) is 6.54 Å². The zero-order valence-corrected chi connectivity index (χ0v) is 12.5. The molecule has 9 nitrogen and oxygen atoms in total. The quantitative estimate of drug-likeness (QED) is 0.820. The van der Waals surface area contributed by atoms with Gasteiger partial charge in [-0.05, 0) is 40.9 Å². The lowest BCUT2D eigenvalue weighted by Gasteiger charge is -2.11. The average molecular weight is 309 g/mol. The Labute approximate surface area is 125 Å². The number of hydrogen-bond acceptors (Lipinski definition) is 9. The van der Waals surface area contributed by atoms with Gasteiger partial charge in [0, 0.05) is 6.54 Å². The van der Waals surface area contributed by atoms with Crippen LogP contribution in [0.2, 0.25) is 0 Å². The van der Waals surface area contributed by atoms with Crippen LogP contribution in [0.1, 0.15) is 12.8 Å². The van der Waals surface area contributed by atoms with Crippen LogP contribution in [0.4, 0.5) is 5.95 Å². The molecule has 10 heteroatoms. The van der Waals surface area contributed by atoms with Gasteiger partial charge in [-0.15, -0.1) is 5.10 Å². The summed E-state index contributed by atoms with van der Waals surface area (Å²) in [5.41, 5.74) is 5.62. The van der Waals surface area contributed by atoms with Gasteiger partial charge >= 0.3 is 0 Å². The fourth-order valence-electron chi connectivity index (χ4n) is 1.81. The molecular weight excluding hydrogens is 294 g/mol. The lowest BCUT2D eigenvalue weighted by atomic mass is 10.4. The number of nitrogens with two attached hydrogens (primary N) is 1. The number of methoxy groups -OCH3 is 2. The highest BCUT2D eigenvalue weighted by Crippen LogP contribution is 2.39. The summed E-state index contributed by atoms with van der Waals surface area (Å²) < 4.78 is 12.3. The van der Waals surface area contributed by atoms with Crippen molar-refractivity contribution >= 4 is 17.7 Å². The zero-order chi connectivity index (χ0) is 14.8. The van der Waals surface area contributed by atoms with Gasteiger partial charge < -0.3 is 15.2 Å². The Balaban J connectivity index is 1.91. The molecule has 0 amide bonds. The summed E-state index contributed by atoms with van der Waals surface area (Å²) in [6.45, 7) is 0.815. The van der Waals surface area contributed by atoms with E-state index < -0.39 is 0 Å². The molecule has 1 fully saturated rings. The summed E-state index contributed by atoms with van der Waals surface area (Å²) in [5.74, 6) is 1.43. The molecule has 1 saturated carbocycles. The van der Waals surface area contributed by atoms with Crippen LogP contribution in [0, 0.1) is 5.92 Å². The van der Waals surface area contributed by atoms with Gasteiger partial charge in [-0.3, -0.25) is 0 Å². The fourth-order valence-corrected chi connectivity index (χ4v) is 2.72. The Hall–Kier alpha value is -2.10. The molecule has 0 bridgehead atoms. The third-order valence-electron chi connectivity index (χ3n) is 3.03. The van der Waals surface area contributed by atoms with E-state index in [0.29, 0.717) is 27.7 Å². The molecule has 2 heterocycles. The maximum Gasteiger partial charge on any atom is 0.236 e. The average Bonchev–Trinajstić information content (AvgIpc) is 3.19. The molecule has 0 aromatic carbocycles. The van der Waals surface area contributed by atoms with Crippen molar-refractivity contribution in [2.24, 2.45) is 5.92 Å². The Morgan fingerprint density at radius 3 is 2.48 bits per heavy atom. The van der Waals surface area contributed by atoms with Gasteiger partial charge in [0.2, 0.25) is 22.9 Å². The Bertz CT molecular complexity index is 618. The van der Waals surface area contributed by atoms with Crippen LogP contribution in [0.5, 0.6) is 11.8 Å². The van der Waals surface area contributed by atoms with E-state index in [1.807, 2.05) is 0 Å². The molecule has 1 aliphatic carbocycles. The monoisotopic (exact) mass is 309 g/mol. The lowest BCUT2D eigenvalue weighted by Crippen LogP contribution is -2.06. The van der Waals surface area contributed by atoms with Crippen LogP contribution in [-0.4, -0.2) is 44.4 Å². The molecule has 0 saturated heterocycles. The molecule has 112 valence electrons. The first-order chi connectivity index (χ1) is 10.2. The van der Waals surface area contributed by atoms with Crippen molar-refractivity contribution in [3.8, 4) is 11.8 Å². The molecule has 1 aliphatic rings. The van der Waals surface area contributed by atoms with Gasteiger partial charge in [-0.1, -0.05) is 0 Å². The number of ether oxygens (including phenoxy) is 2.